The average molecular weight is 294 g/mol. The fourth-order valence-electron chi connectivity index (χ4n) is 1.87. The van der Waals surface area contributed by atoms with Crippen LogP contribution in [0.4, 0.5) is 0 Å². The summed E-state index contributed by atoms with van der Waals surface area (Å²) >= 11 is 7.41. The van der Waals surface area contributed by atoms with Crippen LogP contribution in [-0.4, -0.2) is 23.2 Å². The minimum absolute atomic E-state index is 0.131. The average Bonchev–Trinajstić information content (AvgIpc) is 2.92. The summed E-state index contributed by atoms with van der Waals surface area (Å²) in [6, 6.07) is 14.0. The third kappa shape index (κ3) is 4.37. The van der Waals surface area contributed by atoms with Crippen LogP contribution in [0.15, 0.2) is 47.8 Å². The first kappa shape index (κ1) is 14.1. The second-order valence-electron chi connectivity index (χ2n) is 4.25. The van der Waals surface area contributed by atoms with Gasteiger partial charge in [-0.2, -0.15) is 0 Å². The number of benzene rings is 1. The van der Waals surface area contributed by atoms with Crippen LogP contribution in [0.5, 0.6) is 0 Å². The third-order valence-corrected chi connectivity index (χ3v) is 3.87. The van der Waals surface area contributed by atoms with Crippen LogP contribution in [0.1, 0.15) is 10.4 Å². The van der Waals surface area contributed by atoms with Gasteiger partial charge in [0.2, 0.25) is 5.91 Å². The van der Waals surface area contributed by atoms with E-state index in [1.807, 2.05) is 52.7 Å². The molecule has 1 amide bonds. The van der Waals surface area contributed by atoms with Crippen molar-refractivity contribution in [2.24, 2.45) is 0 Å². The third-order valence-electron chi connectivity index (χ3n) is 2.83. The molecule has 0 fully saturated rings. The van der Waals surface area contributed by atoms with E-state index >= 15 is 0 Å². The van der Waals surface area contributed by atoms with Gasteiger partial charge in [0.05, 0.1) is 6.42 Å². The fourth-order valence-corrected chi connectivity index (χ4v) is 2.77. The highest BCUT2D eigenvalue weighted by Crippen LogP contribution is 2.12. The Morgan fingerprint density at radius 1 is 1.16 bits per heavy atom. The summed E-state index contributed by atoms with van der Waals surface area (Å²) in [5.41, 5.74) is 1.13. The minimum Gasteiger partial charge on any atom is -0.337 e. The Morgan fingerprint density at radius 2 is 1.95 bits per heavy atom. The molecule has 2 rings (SSSR count). The minimum atomic E-state index is 0.131. The summed E-state index contributed by atoms with van der Waals surface area (Å²) in [5.74, 6) is 0.593. The normalized spacial score (nSPS) is 10.4. The number of rotatable bonds is 6. The van der Waals surface area contributed by atoms with E-state index in [9.17, 15) is 4.79 Å². The summed E-state index contributed by atoms with van der Waals surface area (Å²) in [6.45, 7) is 1.21. The molecule has 0 aliphatic carbocycles. The predicted octanol–water partition coefficient (Wildman–Crippen LogP) is 3.56. The number of carbonyl (C=O) groups is 1. The van der Waals surface area contributed by atoms with E-state index < -0.39 is 0 Å². The van der Waals surface area contributed by atoms with Crippen LogP contribution in [0.3, 0.4) is 0 Å². The lowest BCUT2D eigenvalue weighted by Gasteiger charge is -2.21. The van der Waals surface area contributed by atoms with Gasteiger partial charge in [-0.15, -0.1) is 22.9 Å². The number of hydrogen-bond donors (Lipinski definition) is 0. The summed E-state index contributed by atoms with van der Waals surface area (Å²) in [7, 11) is 0. The zero-order chi connectivity index (χ0) is 13.5. The van der Waals surface area contributed by atoms with Crippen LogP contribution in [0.2, 0.25) is 0 Å². The molecule has 100 valence electrons. The van der Waals surface area contributed by atoms with Crippen molar-refractivity contribution in [3.63, 3.8) is 0 Å². The summed E-state index contributed by atoms with van der Waals surface area (Å²) in [6.07, 6.45) is 0.460. The van der Waals surface area contributed by atoms with Crippen LogP contribution in [-0.2, 0) is 17.8 Å². The monoisotopic (exact) mass is 293 g/mol. The van der Waals surface area contributed by atoms with Crippen LogP contribution in [0.25, 0.3) is 0 Å². The Labute approximate surface area is 122 Å². The Hall–Kier alpha value is -1.32. The molecule has 1 aromatic heterocycles. The smallest absolute Gasteiger partial charge is 0.228 e. The molecule has 19 heavy (non-hydrogen) atoms. The van der Waals surface area contributed by atoms with Gasteiger partial charge in [-0.05, 0) is 17.0 Å². The van der Waals surface area contributed by atoms with Crippen molar-refractivity contribution in [3.8, 4) is 0 Å². The molecule has 0 aliphatic heterocycles. The van der Waals surface area contributed by atoms with Crippen molar-refractivity contribution in [2.45, 2.75) is 13.0 Å². The molecule has 1 heterocycles. The molecule has 0 bridgehead atoms. The molecule has 0 spiro atoms. The molecule has 0 unspecified atom stereocenters. The molecule has 0 radical (unpaired) electrons. The first-order chi connectivity index (χ1) is 9.29. The van der Waals surface area contributed by atoms with Gasteiger partial charge in [-0.1, -0.05) is 36.4 Å². The molecule has 4 heteroatoms. The van der Waals surface area contributed by atoms with Crippen LogP contribution in [0, 0.1) is 0 Å². The predicted molar refractivity (Wildman–Crippen MR) is 80.6 cm³/mol. The first-order valence-corrected chi connectivity index (χ1v) is 7.61. The topological polar surface area (TPSA) is 20.3 Å². The fraction of sp³-hybridized carbons (Fsp3) is 0.267. The lowest BCUT2D eigenvalue weighted by molar-refractivity contribution is -0.130. The molecule has 0 N–H and O–H groups in total. The van der Waals surface area contributed by atoms with E-state index in [0.717, 1.165) is 10.4 Å². The maximum absolute atomic E-state index is 12.3. The number of nitrogens with zero attached hydrogens (tertiary/aromatic N) is 1. The maximum Gasteiger partial charge on any atom is 0.228 e. The summed E-state index contributed by atoms with van der Waals surface area (Å²) < 4.78 is 0. The van der Waals surface area contributed by atoms with E-state index in [0.29, 0.717) is 25.4 Å². The zero-order valence-corrected chi connectivity index (χ0v) is 12.2. The summed E-state index contributed by atoms with van der Waals surface area (Å²) in [5, 5.41) is 1.99. The van der Waals surface area contributed by atoms with Gasteiger partial charge in [0, 0.05) is 23.8 Å². The molecule has 0 atom stereocenters. The van der Waals surface area contributed by atoms with Gasteiger partial charge in [-0.25, -0.2) is 0 Å². The van der Waals surface area contributed by atoms with E-state index in [2.05, 4.69) is 0 Å². The second kappa shape index (κ2) is 7.31. The second-order valence-corrected chi connectivity index (χ2v) is 5.66. The van der Waals surface area contributed by atoms with Crippen molar-refractivity contribution < 1.29 is 4.79 Å². The lowest BCUT2D eigenvalue weighted by atomic mass is 10.2. The van der Waals surface area contributed by atoms with Gasteiger partial charge < -0.3 is 4.90 Å². The van der Waals surface area contributed by atoms with Gasteiger partial charge in [0.15, 0.2) is 0 Å². The standard InChI is InChI=1S/C15H16ClNOS/c16-8-9-17(12-13-5-2-1-3-6-13)15(18)11-14-7-4-10-19-14/h1-7,10H,8-9,11-12H2. The number of alkyl halides is 1. The van der Waals surface area contributed by atoms with Gasteiger partial charge in [0.25, 0.3) is 0 Å². The molecule has 0 saturated heterocycles. The van der Waals surface area contributed by atoms with Crippen molar-refractivity contribution >= 4 is 28.8 Å². The quantitative estimate of drug-likeness (QED) is 0.746. The zero-order valence-electron chi connectivity index (χ0n) is 10.6. The van der Waals surface area contributed by atoms with Gasteiger partial charge >= 0.3 is 0 Å². The molecule has 0 saturated carbocycles. The molecule has 2 nitrogen and oxygen atoms in total. The number of hydrogen-bond acceptors (Lipinski definition) is 2. The molecular formula is C15H16ClNOS. The van der Waals surface area contributed by atoms with Crippen LogP contribution < -0.4 is 0 Å². The number of thiophene rings is 1. The largest absolute Gasteiger partial charge is 0.337 e. The van der Waals surface area contributed by atoms with Crippen molar-refractivity contribution in [2.75, 3.05) is 12.4 Å². The molecular weight excluding hydrogens is 278 g/mol. The lowest BCUT2D eigenvalue weighted by Crippen LogP contribution is -2.33. The highest BCUT2D eigenvalue weighted by Gasteiger charge is 2.14. The van der Waals surface area contributed by atoms with Crippen LogP contribution >= 0.6 is 22.9 Å². The highest BCUT2D eigenvalue weighted by atomic mass is 35.5. The SMILES string of the molecule is O=C(Cc1cccs1)N(CCCl)Cc1ccccc1. The summed E-state index contributed by atoms with van der Waals surface area (Å²) in [4.78, 5) is 15.2. The van der Waals surface area contributed by atoms with Crippen molar-refractivity contribution in [1.29, 1.82) is 0 Å². The van der Waals surface area contributed by atoms with E-state index in [1.54, 1.807) is 11.3 Å². The first-order valence-electron chi connectivity index (χ1n) is 6.19. The molecule has 2 aromatic rings. The van der Waals surface area contributed by atoms with Crippen molar-refractivity contribution in [1.82, 2.24) is 4.90 Å². The maximum atomic E-state index is 12.3. The van der Waals surface area contributed by atoms with E-state index in [4.69, 9.17) is 11.6 Å². The Balaban J connectivity index is 2.00. The van der Waals surface area contributed by atoms with Crippen molar-refractivity contribution in [3.05, 3.63) is 58.3 Å². The van der Waals surface area contributed by atoms with E-state index in [1.165, 1.54) is 0 Å². The highest BCUT2D eigenvalue weighted by molar-refractivity contribution is 7.10. The number of halogens is 1. The Morgan fingerprint density at radius 3 is 2.58 bits per heavy atom. The number of carbonyl (C=O) groups excluding carboxylic acids is 1. The Bertz CT molecular complexity index is 498. The molecule has 0 aliphatic rings. The Kier molecular flexibility index (Phi) is 5.43. The van der Waals surface area contributed by atoms with E-state index in [-0.39, 0.29) is 5.91 Å². The van der Waals surface area contributed by atoms with Gasteiger partial charge in [0.1, 0.15) is 0 Å². The molecule has 1 aromatic carbocycles. The number of amides is 1. The van der Waals surface area contributed by atoms with Gasteiger partial charge in [-0.3, -0.25) is 4.79 Å².